The molecular formula is C16H31IN6O2. The zero-order valence-corrected chi connectivity index (χ0v) is 18.5. The quantitative estimate of drug-likeness (QED) is 0.348. The Morgan fingerprint density at radius 3 is 2.28 bits per heavy atom. The molecule has 0 radical (unpaired) electrons. The number of nitrogens with zero attached hydrogens (tertiary/aromatic N) is 3. The molecule has 9 heteroatoms. The fraction of sp³-hybridized carbons (Fsp3) is 0.750. The predicted molar refractivity (Wildman–Crippen MR) is 109 cm³/mol. The van der Waals surface area contributed by atoms with Gasteiger partial charge in [-0.2, -0.15) is 4.98 Å². The van der Waals surface area contributed by atoms with Gasteiger partial charge in [0.05, 0.1) is 6.54 Å². The summed E-state index contributed by atoms with van der Waals surface area (Å²) in [6.07, 6.45) is 0. The first kappa shape index (κ1) is 23.6. The van der Waals surface area contributed by atoms with Crippen LogP contribution in [0, 0.1) is 0 Å². The van der Waals surface area contributed by atoms with Gasteiger partial charge >= 0.3 is 0 Å². The van der Waals surface area contributed by atoms with E-state index in [0.717, 1.165) is 0 Å². The minimum Gasteiger partial charge on any atom is -0.357 e. The molecule has 1 amide bonds. The molecular weight excluding hydrogens is 435 g/mol. The van der Waals surface area contributed by atoms with E-state index in [-0.39, 0.29) is 53.9 Å². The summed E-state index contributed by atoms with van der Waals surface area (Å²) in [6.45, 7) is 14.9. The number of amides is 1. The lowest BCUT2D eigenvalue weighted by atomic mass is 9.97. The number of hydrogen-bond acceptors (Lipinski definition) is 5. The van der Waals surface area contributed by atoms with E-state index in [4.69, 9.17) is 4.52 Å². The monoisotopic (exact) mass is 466 g/mol. The molecule has 0 spiro atoms. The van der Waals surface area contributed by atoms with Crippen molar-refractivity contribution in [3.8, 4) is 0 Å². The molecule has 0 saturated carbocycles. The van der Waals surface area contributed by atoms with Crippen LogP contribution in [0.1, 0.15) is 60.2 Å². The maximum absolute atomic E-state index is 11.9. The zero-order chi connectivity index (χ0) is 18.4. The predicted octanol–water partition coefficient (Wildman–Crippen LogP) is 1.95. The van der Waals surface area contributed by atoms with Gasteiger partial charge in [0.1, 0.15) is 6.54 Å². The molecule has 0 aromatic carbocycles. The fourth-order valence-corrected chi connectivity index (χ4v) is 1.74. The van der Waals surface area contributed by atoms with Crippen molar-refractivity contribution in [1.82, 2.24) is 26.1 Å². The summed E-state index contributed by atoms with van der Waals surface area (Å²) in [6, 6.07) is 0. The van der Waals surface area contributed by atoms with E-state index in [1.165, 1.54) is 0 Å². The molecule has 1 aromatic rings. The first-order chi connectivity index (χ1) is 11.0. The van der Waals surface area contributed by atoms with E-state index in [1.54, 1.807) is 0 Å². The van der Waals surface area contributed by atoms with Crippen LogP contribution in [-0.4, -0.2) is 40.6 Å². The second-order valence-electron chi connectivity index (χ2n) is 7.61. The van der Waals surface area contributed by atoms with E-state index in [1.807, 2.05) is 48.5 Å². The number of hydrogen-bond donors (Lipinski definition) is 3. The van der Waals surface area contributed by atoms with Gasteiger partial charge in [-0.3, -0.25) is 4.79 Å². The number of guanidine groups is 1. The Kier molecular flexibility index (Phi) is 9.38. The standard InChI is InChI=1S/C16H30N6O2.HI/c1-8-17-14(19-10-12(23)21-16(5,6)7)18-9-11-20-13(24-22-11)15(2,3)4;/h8-10H2,1-7H3,(H,21,23)(H2,17,18,19);1H. The zero-order valence-electron chi connectivity index (χ0n) is 16.2. The van der Waals surface area contributed by atoms with Crippen molar-refractivity contribution in [2.45, 2.75) is 66.0 Å². The van der Waals surface area contributed by atoms with Gasteiger partial charge in [0.25, 0.3) is 0 Å². The van der Waals surface area contributed by atoms with Crippen LogP contribution in [-0.2, 0) is 16.8 Å². The topological polar surface area (TPSA) is 104 Å². The highest BCUT2D eigenvalue weighted by Crippen LogP contribution is 2.19. The molecule has 144 valence electrons. The lowest BCUT2D eigenvalue weighted by molar-refractivity contribution is -0.121. The lowest BCUT2D eigenvalue weighted by Gasteiger charge is -2.21. The van der Waals surface area contributed by atoms with Gasteiger partial charge in [-0.25, -0.2) is 4.99 Å². The third-order valence-corrected chi connectivity index (χ3v) is 2.76. The Hall–Kier alpha value is -1.39. The van der Waals surface area contributed by atoms with Crippen LogP contribution in [0.4, 0.5) is 0 Å². The molecule has 3 N–H and O–H groups in total. The second-order valence-corrected chi connectivity index (χ2v) is 7.61. The van der Waals surface area contributed by atoms with E-state index in [0.29, 0.717) is 24.2 Å². The molecule has 0 atom stereocenters. The summed E-state index contributed by atoms with van der Waals surface area (Å²) >= 11 is 0. The van der Waals surface area contributed by atoms with E-state index in [2.05, 4.69) is 31.1 Å². The van der Waals surface area contributed by atoms with Crippen molar-refractivity contribution in [1.29, 1.82) is 0 Å². The average Bonchev–Trinajstić information content (AvgIpc) is 2.89. The SMILES string of the molecule is CCNC(=NCc1noc(C(C)(C)C)n1)NCC(=O)NC(C)(C)C.I. The number of carbonyl (C=O) groups is 1. The van der Waals surface area contributed by atoms with Crippen molar-refractivity contribution in [2.24, 2.45) is 4.99 Å². The first-order valence-electron chi connectivity index (χ1n) is 8.17. The van der Waals surface area contributed by atoms with Crippen LogP contribution >= 0.6 is 24.0 Å². The van der Waals surface area contributed by atoms with Gasteiger partial charge in [-0.05, 0) is 27.7 Å². The molecule has 0 saturated heterocycles. The highest BCUT2D eigenvalue weighted by Gasteiger charge is 2.21. The molecule has 0 bridgehead atoms. The van der Waals surface area contributed by atoms with Gasteiger partial charge in [0.15, 0.2) is 11.8 Å². The molecule has 8 nitrogen and oxygen atoms in total. The highest BCUT2D eigenvalue weighted by molar-refractivity contribution is 14.0. The lowest BCUT2D eigenvalue weighted by Crippen LogP contribution is -2.48. The first-order valence-corrected chi connectivity index (χ1v) is 8.17. The largest absolute Gasteiger partial charge is 0.357 e. The molecule has 1 rings (SSSR count). The summed E-state index contributed by atoms with van der Waals surface area (Å²) in [4.78, 5) is 20.6. The number of carbonyl (C=O) groups excluding carboxylic acids is 1. The molecule has 0 aliphatic rings. The summed E-state index contributed by atoms with van der Waals surface area (Å²) in [5.74, 6) is 1.53. The van der Waals surface area contributed by atoms with Gasteiger partial charge < -0.3 is 20.5 Å². The molecule has 1 aromatic heterocycles. The van der Waals surface area contributed by atoms with E-state index < -0.39 is 0 Å². The van der Waals surface area contributed by atoms with Crippen molar-refractivity contribution in [3.63, 3.8) is 0 Å². The van der Waals surface area contributed by atoms with Crippen LogP contribution in [0.25, 0.3) is 0 Å². The van der Waals surface area contributed by atoms with Crippen molar-refractivity contribution in [2.75, 3.05) is 13.1 Å². The number of aromatic nitrogens is 2. The number of aliphatic imine (C=N–C) groups is 1. The second kappa shape index (κ2) is 9.93. The highest BCUT2D eigenvalue weighted by atomic mass is 127. The van der Waals surface area contributed by atoms with Crippen LogP contribution in [0.2, 0.25) is 0 Å². The van der Waals surface area contributed by atoms with Gasteiger partial charge in [-0.1, -0.05) is 25.9 Å². The summed E-state index contributed by atoms with van der Waals surface area (Å²) in [7, 11) is 0. The normalized spacial score (nSPS) is 12.4. The number of halogens is 1. The maximum Gasteiger partial charge on any atom is 0.239 e. The van der Waals surface area contributed by atoms with E-state index >= 15 is 0 Å². The summed E-state index contributed by atoms with van der Waals surface area (Å²) in [5.41, 5.74) is -0.453. The minimum atomic E-state index is -0.262. The van der Waals surface area contributed by atoms with Crippen molar-refractivity contribution >= 4 is 35.8 Å². The molecule has 0 fully saturated rings. The fourth-order valence-electron chi connectivity index (χ4n) is 1.74. The molecule has 0 aliphatic heterocycles. The number of nitrogens with one attached hydrogen (secondary N) is 3. The third-order valence-electron chi connectivity index (χ3n) is 2.76. The van der Waals surface area contributed by atoms with Crippen LogP contribution < -0.4 is 16.0 Å². The summed E-state index contributed by atoms with van der Waals surface area (Å²) < 4.78 is 5.24. The average molecular weight is 466 g/mol. The Morgan fingerprint density at radius 1 is 1.16 bits per heavy atom. The van der Waals surface area contributed by atoms with Crippen molar-refractivity contribution in [3.05, 3.63) is 11.7 Å². The van der Waals surface area contributed by atoms with Crippen LogP contribution in [0.15, 0.2) is 9.52 Å². The Balaban J connectivity index is 0.00000576. The minimum absolute atomic E-state index is 0. The third kappa shape index (κ3) is 9.61. The Labute approximate surface area is 167 Å². The molecule has 1 heterocycles. The Bertz CT molecular complexity index is 572. The van der Waals surface area contributed by atoms with Gasteiger partial charge in [0.2, 0.25) is 11.8 Å². The van der Waals surface area contributed by atoms with E-state index in [9.17, 15) is 4.79 Å². The maximum atomic E-state index is 11.9. The van der Waals surface area contributed by atoms with Crippen LogP contribution in [0.3, 0.4) is 0 Å². The number of rotatable bonds is 5. The van der Waals surface area contributed by atoms with Crippen LogP contribution in [0.5, 0.6) is 0 Å². The van der Waals surface area contributed by atoms with Crippen molar-refractivity contribution < 1.29 is 9.32 Å². The van der Waals surface area contributed by atoms with Gasteiger partial charge in [-0.15, -0.1) is 24.0 Å². The smallest absolute Gasteiger partial charge is 0.239 e. The Morgan fingerprint density at radius 2 is 1.80 bits per heavy atom. The summed E-state index contributed by atoms with van der Waals surface area (Å²) in [5, 5.41) is 12.9. The van der Waals surface area contributed by atoms with Gasteiger partial charge in [0, 0.05) is 17.5 Å². The molecule has 0 unspecified atom stereocenters. The molecule has 25 heavy (non-hydrogen) atoms. The molecule has 0 aliphatic carbocycles.